The van der Waals surface area contributed by atoms with Crippen molar-refractivity contribution < 1.29 is 19.8 Å². The van der Waals surface area contributed by atoms with E-state index in [1.807, 2.05) is 0 Å². The zero-order valence-electron chi connectivity index (χ0n) is 11.1. The molecule has 0 saturated heterocycles. The number of carboxylic acids is 2. The summed E-state index contributed by atoms with van der Waals surface area (Å²) < 4.78 is 0. The molecule has 2 aromatic heterocycles. The van der Waals surface area contributed by atoms with Crippen molar-refractivity contribution in [2.45, 2.75) is 0 Å². The molecule has 0 unspecified atom stereocenters. The summed E-state index contributed by atoms with van der Waals surface area (Å²) in [5, 5.41) is 17.9. The number of benzene rings is 1. The molecule has 0 saturated carbocycles. The monoisotopic (exact) mass is 334 g/mol. The van der Waals surface area contributed by atoms with E-state index in [2.05, 4.69) is 9.97 Å². The van der Waals surface area contributed by atoms with Gasteiger partial charge in [-0.3, -0.25) is 9.59 Å². The number of carboxylic acid groups (broad SMARTS) is 2. The van der Waals surface area contributed by atoms with Gasteiger partial charge in [0.15, 0.2) is 10.9 Å². The molecule has 0 aliphatic rings. The Balaban J connectivity index is 2.56. The Hall–Kier alpha value is -3.13. The van der Waals surface area contributed by atoms with Crippen LogP contribution in [0.3, 0.4) is 0 Å². The lowest BCUT2D eigenvalue weighted by molar-refractivity contribution is 0.0680. The molecule has 8 nitrogen and oxygen atoms in total. The fourth-order valence-electron chi connectivity index (χ4n) is 2.27. The van der Waals surface area contributed by atoms with Gasteiger partial charge in [-0.1, -0.05) is 11.6 Å². The molecule has 0 aliphatic carbocycles. The third kappa shape index (κ3) is 2.25. The number of fused-ring (bicyclic) bond motifs is 2. The Bertz CT molecular complexity index is 1040. The van der Waals surface area contributed by atoms with Crippen LogP contribution < -0.4 is 10.9 Å². The van der Waals surface area contributed by atoms with E-state index in [-0.39, 0.29) is 38.2 Å². The Morgan fingerprint density at radius 3 is 1.57 bits per heavy atom. The number of carbonyl (C=O) groups is 2. The van der Waals surface area contributed by atoms with Gasteiger partial charge in [-0.15, -0.1) is 0 Å². The van der Waals surface area contributed by atoms with Crippen molar-refractivity contribution in [1.29, 1.82) is 0 Å². The summed E-state index contributed by atoms with van der Waals surface area (Å²) in [5.41, 5.74) is -1.99. The topological polar surface area (TPSA) is 140 Å². The summed E-state index contributed by atoms with van der Waals surface area (Å²) in [6, 6.07) is 3.00. The highest BCUT2D eigenvalue weighted by atomic mass is 35.5. The van der Waals surface area contributed by atoms with Crippen LogP contribution in [0.4, 0.5) is 0 Å². The second-order valence-electron chi connectivity index (χ2n) is 4.74. The summed E-state index contributed by atoms with van der Waals surface area (Å²) in [4.78, 5) is 51.1. The van der Waals surface area contributed by atoms with Gasteiger partial charge in [-0.2, -0.15) is 0 Å². The third-order valence-electron chi connectivity index (χ3n) is 3.33. The molecule has 2 heterocycles. The molecule has 116 valence electrons. The average Bonchev–Trinajstić information content (AvgIpc) is 2.48. The van der Waals surface area contributed by atoms with Crippen LogP contribution in [0.15, 0.2) is 27.8 Å². The lowest BCUT2D eigenvalue weighted by Crippen LogP contribution is -2.13. The van der Waals surface area contributed by atoms with Crippen molar-refractivity contribution in [3.63, 3.8) is 0 Å². The number of H-pyrrole nitrogens is 2. The smallest absolute Gasteiger partial charge is 0.352 e. The van der Waals surface area contributed by atoms with E-state index in [0.717, 1.165) is 12.1 Å². The fraction of sp³-hybridized carbons (Fsp3) is 0. The van der Waals surface area contributed by atoms with Crippen molar-refractivity contribution in [2.75, 3.05) is 0 Å². The highest BCUT2D eigenvalue weighted by molar-refractivity contribution is 6.39. The number of halogens is 1. The van der Waals surface area contributed by atoms with Crippen LogP contribution in [-0.2, 0) is 0 Å². The van der Waals surface area contributed by atoms with Gasteiger partial charge in [-0.05, 0) is 6.07 Å². The molecular formula is C14H7ClN2O6. The number of hydrogen-bond acceptors (Lipinski definition) is 4. The molecule has 3 rings (SSSR count). The minimum Gasteiger partial charge on any atom is -0.477 e. The van der Waals surface area contributed by atoms with Gasteiger partial charge >= 0.3 is 11.9 Å². The Morgan fingerprint density at radius 1 is 0.826 bits per heavy atom. The van der Waals surface area contributed by atoms with E-state index in [0.29, 0.717) is 0 Å². The zero-order valence-corrected chi connectivity index (χ0v) is 11.9. The number of nitrogens with one attached hydrogen (secondary N) is 2. The lowest BCUT2D eigenvalue weighted by atomic mass is 10.1. The first-order valence-corrected chi connectivity index (χ1v) is 6.56. The molecule has 9 heteroatoms. The van der Waals surface area contributed by atoms with E-state index in [9.17, 15) is 19.2 Å². The summed E-state index contributed by atoms with van der Waals surface area (Å²) in [6.45, 7) is 0. The third-order valence-corrected chi connectivity index (χ3v) is 3.71. The second kappa shape index (κ2) is 4.96. The number of hydrogen-bond donors (Lipinski definition) is 4. The molecule has 0 atom stereocenters. The zero-order chi connectivity index (χ0) is 16.9. The quantitative estimate of drug-likeness (QED) is 0.522. The first-order chi connectivity index (χ1) is 10.8. The summed E-state index contributed by atoms with van der Waals surface area (Å²) >= 11 is 6.15. The van der Waals surface area contributed by atoms with Gasteiger partial charge in [-0.25, -0.2) is 9.59 Å². The Morgan fingerprint density at radius 2 is 1.22 bits per heavy atom. The van der Waals surface area contributed by atoms with Crippen molar-refractivity contribution >= 4 is 45.3 Å². The van der Waals surface area contributed by atoms with Crippen molar-refractivity contribution in [2.24, 2.45) is 0 Å². The summed E-state index contributed by atoms with van der Waals surface area (Å²) in [7, 11) is 0. The average molecular weight is 335 g/mol. The normalized spacial score (nSPS) is 11.0. The van der Waals surface area contributed by atoms with E-state index >= 15 is 0 Å². The van der Waals surface area contributed by atoms with Gasteiger partial charge in [0.05, 0.1) is 16.1 Å². The first kappa shape index (κ1) is 14.8. The molecule has 3 aromatic rings. The number of rotatable bonds is 2. The van der Waals surface area contributed by atoms with E-state index in [1.165, 1.54) is 6.07 Å². The fourth-order valence-corrected chi connectivity index (χ4v) is 2.57. The maximum atomic E-state index is 12.0. The predicted molar refractivity (Wildman–Crippen MR) is 81.6 cm³/mol. The van der Waals surface area contributed by atoms with Crippen LogP contribution in [-0.4, -0.2) is 32.1 Å². The number of aromatic amines is 2. The second-order valence-corrected chi connectivity index (χ2v) is 5.12. The van der Waals surface area contributed by atoms with Crippen LogP contribution in [0.2, 0.25) is 5.02 Å². The SMILES string of the molecule is O=C(O)c1cc(=O)c2cc3c(=O)cc(C(=O)O)[nH]c3c(Cl)c2[nH]1. The lowest BCUT2D eigenvalue weighted by Gasteiger charge is -2.07. The van der Waals surface area contributed by atoms with Crippen LogP contribution >= 0.6 is 11.6 Å². The molecule has 0 radical (unpaired) electrons. The molecule has 0 spiro atoms. The molecular weight excluding hydrogens is 328 g/mol. The van der Waals surface area contributed by atoms with Gasteiger partial charge in [0.1, 0.15) is 11.4 Å². The number of pyridine rings is 2. The highest BCUT2D eigenvalue weighted by Crippen LogP contribution is 2.27. The number of aromatic nitrogens is 2. The van der Waals surface area contributed by atoms with Crippen LogP contribution in [0, 0.1) is 0 Å². The predicted octanol–water partition coefficient (Wildman–Crippen LogP) is 1.42. The minimum absolute atomic E-state index is 0.00209. The Labute approximate surface area is 131 Å². The van der Waals surface area contributed by atoms with Crippen LogP contribution in [0.25, 0.3) is 21.8 Å². The molecule has 1 aromatic carbocycles. The summed E-state index contributed by atoms with van der Waals surface area (Å²) in [6.07, 6.45) is 0. The maximum Gasteiger partial charge on any atom is 0.352 e. The molecule has 0 amide bonds. The van der Waals surface area contributed by atoms with Crippen molar-refractivity contribution in [1.82, 2.24) is 9.97 Å². The van der Waals surface area contributed by atoms with E-state index < -0.39 is 22.8 Å². The van der Waals surface area contributed by atoms with Crippen LogP contribution in [0.5, 0.6) is 0 Å². The molecule has 23 heavy (non-hydrogen) atoms. The molecule has 4 N–H and O–H groups in total. The number of aromatic carboxylic acids is 2. The molecule has 0 fully saturated rings. The Kier molecular flexibility index (Phi) is 3.19. The standard InChI is InChI=1S/C14H7ClN2O6/c15-10-11-4(8(18)2-6(16-11)13(20)21)1-5-9(19)3-7(14(22)23)17-12(5)10/h1-3H,(H,16,18)(H,17,19)(H,20,21)(H,22,23). The van der Waals surface area contributed by atoms with Gasteiger partial charge in [0, 0.05) is 22.9 Å². The molecule has 0 aliphatic heterocycles. The van der Waals surface area contributed by atoms with Crippen molar-refractivity contribution in [3.8, 4) is 0 Å². The van der Waals surface area contributed by atoms with Crippen molar-refractivity contribution in [3.05, 3.63) is 55.1 Å². The minimum atomic E-state index is -1.35. The van der Waals surface area contributed by atoms with Gasteiger partial charge < -0.3 is 20.2 Å². The van der Waals surface area contributed by atoms with Gasteiger partial charge in [0.2, 0.25) is 0 Å². The highest BCUT2D eigenvalue weighted by Gasteiger charge is 2.16. The van der Waals surface area contributed by atoms with Gasteiger partial charge in [0.25, 0.3) is 0 Å². The van der Waals surface area contributed by atoms with Crippen LogP contribution in [0.1, 0.15) is 21.0 Å². The first-order valence-electron chi connectivity index (χ1n) is 6.18. The van der Waals surface area contributed by atoms with E-state index in [1.54, 1.807) is 0 Å². The summed E-state index contributed by atoms with van der Waals surface area (Å²) in [5.74, 6) is -2.71. The largest absolute Gasteiger partial charge is 0.477 e. The maximum absolute atomic E-state index is 12.0. The van der Waals surface area contributed by atoms with E-state index in [4.69, 9.17) is 21.8 Å². The molecule has 0 bridgehead atoms.